The minimum atomic E-state index is 0. The van der Waals surface area contributed by atoms with Crippen LogP contribution < -0.4 is 11.1 Å². The number of aryl methyl sites for hydroxylation is 2. The van der Waals surface area contributed by atoms with Gasteiger partial charge < -0.3 is 15.8 Å². The second-order valence-corrected chi connectivity index (χ2v) is 6.14. The molecule has 2 aromatic rings. The van der Waals surface area contributed by atoms with Gasteiger partial charge in [-0.05, 0) is 51.0 Å². The van der Waals surface area contributed by atoms with Gasteiger partial charge in [-0.2, -0.15) is 0 Å². The molecule has 0 unspecified atom stereocenters. The Morgan fingerprint density at radius 3 is 1.00 bits per heavy atom. The average Bonchev–Trinajstić information content (AvgIpc) is 3.77. The first-order chi connectivity index (χ1) is 18.1. The van der Waals surface area contributed by atoms with Gasteiger partial charge in [-0.25, -0.2) is 0 Å². The van der Waals surface area contributed by atoms with Crippen LogP contribution >= 0.6 is 0 Å². The molecule has 0 saturated heterocycles. The summed E-state index contributed by atoms with van der Waals surface area (Å²) >= 11 is 0. The molecular weight excluding hydrogens is 654 g/mol. The molecule has 0 bridgehead atoms. The molecule has 0 aliphatic heterocycles. The van der Waals surface area contributed by atoms with Crippen molar-refractivity contribution in [3.05, 3.63) is 115 Å². The van der Waals surface area contributed by atoms with Crippen LogP contribution in [0.4, 0.5) is 11.4 Å². The Balaban J connectivity index is -0.0000000425. The first kappa shape index (κ1) is 63.2. The summed E-state index contributed by atoms with van der Waals surface area (Å²) in [6.45, 7) is 23.4. The summed E-state index contributed by atoms with van der Waals surface area (Å²) in [5.41, 5.74) is 9.83. The van der Waals surface area contributed by atoms with Crippen LogP contribution in [0.1, 0.15) is 94.2 Å². The normalized spacial score (nSPS) is 8.76. The van der Waals surface area contributed by atoms with Gasteiger partial charge in [0.2, 0.25) is 0 Å². The third kappa shape index (κ3) is 55.5. The number of allylic oxidation sites excluding steroid dienone is 8. The van der Waals surface area contributed by atoms with E-state index in [1.807, 2.05) is 111 Å². The van der Waals surface area contributed by atoms with E-state index >= 15 is 0 Å². The average molecular weight is 719 g/mol. The largest absolute Gasteiger partial charge is 0.545 e. The van der Waals surface area contributed by atoms with Gasteiger partial charge in [0.15, 0.2) is 0 Å². The first-order valence-corrected chi connectivity index (χ1v) is 13.4. The molecule has 0 amide bonds. The first-order valence-electron chi connectivity index (χ1n) is 13.4. The van der Waals surface area contributed by atoms with Crippen molar-refractivity contribution in [3.8, 4) is 0 Å². The van der Waals surface area contributed by atoms with Crippen molar-refractivity contribution < 1.29 is 70.2 Å². The molecule has 3 N–H and O–H groups in total. The van der Waals surface area contributed by atoms with Crippen LogP contribution in [0.25, 0.3) is 0 Å². The SMILES string of the molecule is C.C.C1=CCC=C1.C1=CCC=C1.CC.CC.CC.CC.Cc1ccc(N)cc1.[CH-]=O.[CH2-]Nc1ccc(C)cc1.[Y].[Y]. The van der Waals surface area contributed by atoms with E-state index in [1.165, 1.54) is 11.1 Å². The molecule has 2 radical (unpaired) electrons. The van der Waals surface area contributed by atoms with Gasteiger partial charge in [-0.1, -0.05) is 154 Å². The number of nitrogen functional groups attached to an aromatic ring is 1. The molecule has 4 rings (SSSR count). The summed E-state index contributed by atoms with van der Waals surface area (Å²) in [6.07, 6.45) is 19.0. The van der Waals surface area contributed by atoms with E-state index in [1.54, 1.807) is 0 Å². The Labute approximate surface area is 308 Å². The molecule has 0 aromatic heterocycles. The van der Waals surface area contributed by atoms with Crippen LogP contribution in [-0.2, 0) is 70.2 Å². The molecule has 2 aliphatic rings. The van der Waals surface area contributed by atoms with Crippen LogP contribution in [0.5, 0.6) is 0 Å². The van der Waals surface area contributed by atoms with Crippen LogP contribution in [-0.4, -0.2) is 6.79 Å². The zero-order valence-corrected chi connectivity index (χ0v) is 32.3. The molecular formula is C36H64N2OY2-2. The van der Waals surface area contributed by atoms with Crippen molar-refractivity contribution in [3.63, 3.8) is 0 Å². The van der Waals surface area contributed by atoms with Crippen molar-refractivity contribution in [2.24, 2.45) is 0 Å². The Bertz CT molecular complexity index is 704. The van der Waals surface area contributed by atoms with Crippen molar-refractivity contribution in [1.82, 2.24) is 0 Å². The van der Waals surface area contributed by atoms with Crippen LogP contribution in [0, 0.1) is 20.9 Å². The Morgan fingerprint density at radius 2 is 0.829 bits per heavy atom. The van der Waals surface area contributed by atoms with Gasteiger partial charge in [0.25, 0.3) is 0 Å². The van der Waals surface area contributed by atoms with Crippen molar-refractivity contribution >= 4 is 18.2 Å². The molecule has 0 fully saturated rings. The maximum atomic E-state index is 7.75. The van der Waals surface area contributed by atoms with Gasteiger partial charge in [0.1, 0.15) is 0 Å². The molecule has 5 heteroatoms. The minimum Gasteiger partial charge on any atom is -0.545 e. The Morgan fingerprint density at radius 1 is 0.585 bits per heavy atom. The smallest absolute Gasteiger partial charge is 0.0314 e. The molecule has 3 nitrogen and oxygen atoms in total. The number of nitrogens with one attached hydrogen (secondary N) is 1. The second-order valence-electron chi connectivity index (χ2n) is 6.14. The van der Waals surface area contributed by atoms with Gasteiger partial charge in [-0.15, -0.1) is 0 Å². The van der Waals surface area contributed by atoms with Crippen molar-refractivity contribution in [2.45, 2.75) is 96.9 Å². The molecule has 232 valence electrons. The van der Waals surface area contributed by atoms with Crippen molar-refractivity contribution in [1.29, 1.82) is 0 Å². The van der Waals surface area contributed by atoms with Crippen LogP contribution in [0.15, 0.2) is 97.1 Å². The molecule has 0 heterocycles. The number of hydrogen-bond donors (Lipinski definition) is 2. The zero-order chi connectivity index (χ0) is 29.7. The summed E-state index contributed by atoms with van der Waals surface area (Å²) in [5.74, 6) is 0. The zero-order valence-electron chi connectivity index (χ0n) is 26.6. The second kappa shape index (κ2) is 62.5. The quantitative estimate of drug-likeness (QED) is 0.175. The number of anilines is 2. The molecule has 0 atom stereocenters. The van der Waals surface area contributed by atoms with E-state index < -0.39 is 0 Å². The number of carbonyl (C=O) groups excluding carboxylic acids is 1. The summed E-state index contributed by atoms with van der Waals surface area (Å²) in [6, 6.07) is 15.9. The fraction of sp³-hybridized carbons (Fsp3) is 0.389. The summed E-state index contributed by atoms with van der Waals surface area (Å²) in [5, 5.41) is 2.80. The van der Waals surface area contributed by atoms with Crippen LogP contribution in [0.2, 0.25) is 0 Å². The maximum Gasteiger partial charge on any atom is 0.0314 e. The predicted octanol–water partition coefficient (Wildman–Crippen LogP) is 11.9. The van der Waals surface area contributed by atoms with Gasteiger partial charge in [0, 0.05) is 76.8 Å². The molecule has 0 saturated carbocycles. The molecule has 41 heavy (non-hydrogen) atoms. The summed E-state index contributed by atoms with van der Waals surface area (Å²) < 4.78 is 0. The van der Waals surface area contributed by atoms with Crippen LogP contribution in [0.3, 0.4) is 0 Å². The van der Waals surface area contributed by atoms with E-state index in [-0.39, 0.29) is 80.3 Å². The van der Waals surface area contributed by atoms with E-state index in [2.05, 4.69) is 74.7 Å². The van der Waals surface area contributed by atoms with Gasteiger partial charge in [0.05, 0.1) is 0 Å². The van der Waals surface area contributed by atoms with Crippen molar-refractivity contribution in [2.75, 3.05) is 11.1 Å². The monoisotopic (exact) mass is 718 g/mol. The van der Waals surface area contributed by atoms with E-state index in [9.17, 15) is 0 Å². The summed E-state index contributed by atoms with van der Waals surface area (Å²) in [4.78, 5) is 7.75. The third-order valence-electron chi connectivity index (χ3n) is 3.64. The number of benzene rings is 2. The topological polar surface area (TPSA) is 55.1 Å². The summed E-state index contributed by atoms with van der Waals surface area (Å²) in [7, 11) is 3.54. The number of rotatable bonds is 1. The molecule has 0 spiro atoms. The van der Waals surface area contributed by atoms with Gasteiger partial charge in [-0.3, -0.25) is 13.8 Å². The Kier molecular flexibility index (Phi) is 96.3. The standard InChI is InChI=1S/C8H10N.C7H9N.2C5H6.4C2H6.CHO.2CH4.2Y/c1-7-3-5-8(9-2)6-4-7;1-6-2-4-7(8)5-3-6;2*1-2-4-5-3-1;5*1-2;;;;/h3-6,9H,2H2,1H3;2-5H,8H2,1H3;2*1-4H,5H2;4*1-2H3;1H;2*1H4;;/q-1;;;;;;;;-1;;;;. The van der Waals surface area contributed by atoms with E-state index in [4.69, 9.17) is 10.5 Å². The fourth-order valence-electron chi connectivity index (χ4n) is 2.02. The van der Waals surface area contributed by atoms with E-state index in [0.29, 0.717) is 0 Å². The number of hydrogen-bond acceptors (Lipinski definition) is 3. The Hall–Kier alpha value is -1.12. The minimum absolute atomic E-state index is 0. The predicted molar refractivity (Wildman–Crippen MR) is 187 cm³/mol. The van der Waals surface area contributed by atoms with E-state index in [0.717, 1.165) is 24.2 Å². The third-order valence-corrected chi connectivity index (χ3v) is 3.64. The number of nitrogens with two attached hydrogens (primary N) is 1. The molecule has 2 aromatic carbocycles. The maximum absolute atomic E-state index is 7.75. The van der Waals surface area contributed by atoms with Gasteiger partial charge >= 0.3 is 0 Å². The fourth-order valence-corrected chi connectivity index (χ4v) is 2.02. The molecule has 2 aliphatic carbocycles.